The normalized spacial score (nSPS) is 12.7. The highest BCUT2D eigenvalue weighted by atomic mass is 14.9. The zero-order chi connectivity index (χ0) is 15.0. The summed E-state index contributed by atoms with van der Waals surface area (Å²) in [5.41, 5.74) is 5.77. The van der Waals surface area contributed by atoms with E-state index in [-0.39, 0.29) is 0 Å². The fraction of sp³-hybridized carbons (Fsp3) is 0.684. The minimum Gasteiger partial charge on any atom is -0.313 e. The highest BCUT2D eigenvalue weighted by Crippen LogP contribution is 2.27. The average Bonchev–Trinajstić information content (AvgIpc) is 2.39. The van der Waals surface area contributed by atoms with Gasteiger partial charge < -0.3 is 5.32 Å². The number of aryl methyl sites for hydroxylation is 3. The van der Waals surface area contributed by atoms with Crippen LogP contribution in [0.2, 0.25) is 0 Å². The van der Waals surface area contributed by atoms with Crippen molar-refractivity contribution in [3.8, 4) is 0 Å². The van der Waals surface area contributed by atoms with Gasteiger partial charge in [0, 0.05) is 6.04 Å². The smallest absolute Gasteiger partial charge is 0.0322 e. The van der Waals surface area contributed by atoms with Crippen LogP contribution in [-0.2, 0) is 0 Å². The maximum Gasteiger partial charge on any atom is 0.0322 e. The van der Waals surface area contributed by atoms with Gasteiger partial charge in [-0.15, -0.1) is 0 Å². The fourth-order valence-electron chi connectivity index (χ4n) is 3.30. The van der Waals surface area contributed by atoms with Crippen molar-refractivity contribution in [2.45, 2.75) is 78.7 Å². The van der Waals surface area contributed by atoms with Gasteiger partial charge in [-0.25, -0.2) is 0 Å². The summed E-state index contributed by atoms with van der Waals surface area (Å²) < 4.78 is 0. The molecule has 0 saturated carbocycles. The minimum absolute atomic E-state index is 0.516. The van der Waals surface area contributed by atoms with E-state index in [0.29, 0.717) is 6.04 Å². The predicted molar refractivity (Wildman–Crippen MR) is 90.4 cm³/mol. The Labute approximate surface area is 126 Å². The molecule has 0 heterocycles. The first-order valence-electron chi connectivity index (χ1n) is 8.35. The molecule has 1 aromatic carbocycles. The van der Waals surface area contributed by atoms with Crippen LogP contribution in [0.1, 0.15) is 80.2 Å². The number of rotatable bonds is 9. The maximum absolute atomic E-state index is 3.52. The third-order valence-corrected chi connectivity index (χ3v) is 4.28. The van der Waals surface area contributed by atoms with E-state index in [4.69, 9.17) is 0 Å². The topological polar surface area (TPSA) is 12.0 Å². The van der Waals surface area contributed by atoms with Crippen molar-refractivity contribution in [1.82, 2.24) is 5.32 Å². The summed E-state index contributed by atoms with van der Waals surface area (Å²) in [5.74, 6) is 0. The number of benzene rings is 1. The largest absolute Gasteiger partial charge is 0.313 e. The van der Waals surface area contributed by atoms with Crippen LogP contribution in [0, 0.1) is 20.8 Å². The van der Waals surface area contributed by atoms with Crippen LogP contribution in [0.5, 0.6) is 0 Å². The molecule has 1 unspecified atom stereocenters. The van der Waals surface area contributed by atoms with Gasteiger partial charge in [-0.2, -0.15) is 0 Å². The summed E-state index contributed by atoms with van der Waals surface area (Å²) in [5, 5.41) is 3.52. The molecular weight excluding hydrogens is 242 g/mol. The van der Waals surface area contributed by atoms with Crippen molar-refractivity contribution < 1.29 is 0 Å². The Morgan fingerprint density at radius 3 is 2.00 bits per heavy atom. The van der Waals surface area contributed by atoms with Crippen LogP contribution in [0.4, 0.5) is 0 Å². The molecule has 0 fully saturated rings. The van der Waals surface area contributed by atoms with Crippen molar-refractivity contribution in [2.75, 3.05) is 7.05 Å². The molecule has 0 spiro atoms. The van der Waals surface area contributed by atoms with Gasteiger partial charge in [0.05, 0.1) is 0 Å². The lowest BCUT2D eigenvalue weighted by Gasteiger charge is -2.22. The van der Waals surface area contributed by atoms with Gasteiger partial charge in [-0.1, -0.05) is 63.1 Å². The molecule has 0 radical (unpaired) electrons. The molecule has 20 heavy (non-hydrogen) atoms. The van der Waals surface area contributed by atoms with Gasteiger partial charge in [0.1, 0.15) is 0 Å². The molecule has 0 aromatic heterocycles. The SMILES string of the molecule is CCCCCCCCC(NC)c1c(C)cc(C)cc1C. The summed E-state index contributed by atoms with van der Waals surface area (Å²) in [6.07, 6.45) is 9.50. The highest BCUT2D eigenvalue weighted by molar-refractivity contribution is 5.39. The Balaban J connectivity index is 2.54. The molecule has 1 aromatic rings. The molecule has 0 amide bonds. The Hall–Kier alpha value is -0.820. The van der Waals surface area contributed by atoms with Crippen molar-refractivity contribution >= 4 is 0 Å². The van der Waals surface area contributed by atoms with E-state index in [0.717, 1.165) is 0 Å². The van der Waals surface area contributed by atoms with E-state index in [1.165, 1.54) is 67.2 Å². The van der Waals surface area contributed by atoms with Gasteiger partial charge in [0.15, 0.2) is 0 Å². The van der Waals surface area contributed by atoms with Crippen molar-refractivity contribution in [1.29, 1.82) is 0 Å². The Kier molecular flexibility index (Phi) is 7.91. The van der Waals surface area contributed by atoms with Crippen LogP contribution in [0.3, 0.4) is 0 Å². The summed E-state index contributed by atoms with van der Waals surface area (Å²) in [6.45, 7) is 8.97. The second kappa shape index (κ2) is 9.18. The highest BCUT2D eigenvalue weighted by Gasteiger charge is 2.14. The number of hydrogen-bond acceptors (Lipinski definition) is 1. The van der Waals surface area contributed by atoms with Crippen molar-refractivity contribution in [2.24, 2.45) is 0 Å². The summed E-state index contributed by atoms with van der Waals surface area (Å²) in [4.78, 5) is 0. The molecule has 114 valence electrons. The first-order valence-corrected chi connectivity index (χ1v) is 8.35. The van der Waals surface area contributed by atoms with E-state index >= 15 is 0 Å². The van der Waals surface area contributed by atoms with Gasteiger partial charge in [-0.05, 0) is 50.9 Å². The van der Waals surface area contributed by atoms with Crippen LogP contribution >= 0.6 is 0 Å². The Morgan fingerprint density at radius 1 is 0.900 bits per heavy atom. The van der Waals surface area contributed by atoms with Crippen LogP contribution in [0.15, 0.2) is 12.1 Å². The molecule has 1 atom stereocenters. The first-order chi connectivity index (χ1) is 9.60. The lowest BCUT2D eigenvalue weighted by molar-refractivity contribution is 0.494. The summed E-state index contributed by atoms with van der Waals surface area (Å²) >= 11 is 0. The summed E-state index contributed by atoms with van der Waals surface area (Å²) in [7, 11) is 2.10. The van der Waals surface area contributed by atoms with Gasteiger partial charge in [0.25, 0.3) is 0 Å². The zero-order valence-corrected chi connectivity index (χ0v) is 14.2. The molecule has 0 aliphatic carbocycles. The Morgan fingerprint density at radius 2 is 1.45 bits per heavy atom. The average molecular weight is 275 g/mol. The van der Waals surface area contributed by atoms with Crippen LogP contribution in [-0.4, -0.2) is 7.05 Å². The molecule has 0 bridgehead atoms. The Bertz CT molecular complexity index is 372. The number of hydrogen-bond donors (Lipinski definition) is 1. The van der Waals surface area contributed by atoms with E-state index in [2.05, 4.69) is 52.2 Å². The quantitative estimate of drug-likeness (QED) is 0.576. The third-order valence-electron chi connectivity index (χ3n) is 4.28. The molecular formula is C19H33N. The lowest BCUT2D eigenvalue weighted by atomic mass is 9.91. The molecule has 0 saturated heterocycles. The lowest BCUT2D eigenvalue weighted by Crippen LogP contribution is -2.18. The standard InChI is InChI=1S/C19H33N/c1-6-7-8-9-10-11-12-18(20-5)19-16(3)13-15(2)14-17(19)4/h13-14,18,20H,6-12H2,1-5H3. The number of nitrogens with one attached hydrogen (secondary N) is 1. The minimum atomic E-state index is 0.516. The molecule has 1 heteroatoms. The molecule has 0 aliphatic rings. The van der Waals surface area contributed by atoms with Gasteiger partial charge in [0.2, 0.25) is 0 Å². The summed E-state index contributed by atoms with van der Waals surface area (Å²) in [6, 6.07) is 5.14. The molecule has 1 rings (SSSR count). The van der Waals surface area contributed by atoms with Crippen molar-refractivity contribution in [3.05, 3.63) is 34.4 Å². The third kappa shape index (κ3) is 5.28. The van der Waals surface area contributed by atoms with Gasteiger partial charge in [-0.3, -0.25) is 0 Å². The zero-order valence-electron chi connectivity index (χ0n) is 14.2. The van der Waals surface area contributed by atoms with E-state index < -0.39 is 0 Å². The van der Waals surface area contributed by atoms with E-state index in [1.54, 1.807) is 0 Å². The van der Waals surface area contributed by atoms with Gasteiger partial charge >= 0.3 is 0 Å². The molecule has 1 N–H and O–H groups in total. The van der Waals surface area contributed by atoms with Crippen LogP contribution < -0.4 is 5.32 Å². The maximum atomic E-state index is 3.52. The first kappa shape index (κ1) is 17.2. The second-order valence-corrected chi connectivity index (χ2v) is 6.21. The van der Waals surface area contributed by atoms with E-state index in [9.17, 15) is 0 Å². The fourth-order valence-corrected chi connectivity index (χ4v) is 3.30. The monoisotopic (exact) mass is 275 g/mol. The van der Waals surface area contributed by atoms with Crippen LogP contribution in [0.25, 0.3) is 0 Å². The van der Waals surface area contributed by atoms with Crippen molar-refractivity contribution in [3.63, 3.8) is 0 Å². The molecule has 1 nitrogen and oxygen atoms in total. The number of unbranched alkanes of at least 4 members (excludes halogenated alkanes) is 5. The predicted octanol–water partition coefficient (Wildman–Crippen LogP) is 5.62. The molecule has 0 aliphatic heterocycles. The van der Waals surface area contributed by atoms with E-state index in [1.807, 2.05) is 0 Å². The second-order valence-electron chi connectivity index (χ2n) is 6.21.